The molecule has 0 aliphatic carbocycles. The first-order valence-electron chi connectivity index (χ1n) is 7.05. The van der Waals surface area contributed by atoms with Gasteiger partial charge in [0.1, 0.15) is 10.6 Å². The van der Waals surface area contributed by atoms with E-state index in [0.717, 1.165) is 25.8 Å². The first-order valence-corrected chi connectivity index (χ1v) is 8.54. The highest BCUT2D eigenvalue weighted by Gasteiger charge is 2.21. The van der Waals surface area contributed by atoms with Crippen LogP contribution in [-0.4, -0.2) is 45.1 Å². The molecule has 8 heteroatoms. The topological polar surface area (TPSA) is 92.2 Å². The molecule has 7 nitrogen and oxygen atoms in total. The van der Waals surface area contributed by atoms with Gasteiger partial charge in [-0.25, -0.2) is 13.1 Å². The second kappa shape index (κ2) is 6.59. The predicted octanol–water partition coefficient (Wildman–Crippen LogP) is -0.195. The lowest BCUT2D eigenvalue weighted by Crippen LogP contribution is -2.30. The fraction of sp³-hybridized carbons (Fsp3) is 0.615. The molecule has 1 aliphatic heterocycles. The van der Waals surface area contributed by atoms with E-state index in [1.165, 1.54) is 23.9 Å². The van der Waals surface area contributed by atoms with Gasteiger partial charge in [-0.3, -0.25) is 4.79 Å². The molecule has 1 saturated heterocycles. The van der Waals surface area contributed by atoms with E-state index in [-0.39, 0.29) is 10.8 Å². The Morgan fingerprint density at radius 1 is 1.52 bits per heavy atom. The normalized spacial score (nSPS) is 18.9. The summed E-state index contributed by atoms with van der Waals surface area (Å²) in [7, 11) is -0.419. The zero-order valence-corrected chi connectivity index (χ0v) is 13.2. The maximum atomic E-state index is 12.2. The van der Waals surface area contributed by atoms with Gasteiger partial charge in [0.05, 0.1) is 0 Å². The third kappa shape index (κ3) is 3.84. The summed E-state index contributed by atoms with van der Waals surface area (Å²) in [4.78, 5) is 11.7. The van der Waals surface area contributed by atoms with Crippen LogP contribution in [0.1, 0.15) is 29.8 Å². The molecule has 0 spiro atoms. The van der Waals surface area contributed by atoms with Gasteiger partial charge in [-0.05, 0) is 31.9 Å². The molecular weight excluding hydrogens is 292 g/mol. The van der Waals surface area contributed by atoms with Crippen molar-refractivity contribution in [3.63, 3.8) is 0 Å². The van der Waals surface area contributed by atoms with Gasteiger partial charge >= 0.3 is 0 Å². The molecule has 0 bridgehead atoms. The van der Waals surface area contributed by atoms with Crippen LogP contribution < -0.4 is 15.4 Å². The molecule has 1 unspecified atom stereocenters. The molecule has 1 aromatic heterocycles. The number of nitrogens with zero attached hydrogens (tertiary/aromatic N) is 1. The molecule has 1 aliphatic rings. The number of hydrogen-bond acceptors (Lipinski definition) is 4. The summed E-state index contributed by atoms with van der Waals surface area (Å²) in [5, 5.41) is 5.81. The summed E-state index contributed by atoms with van der Waals surface area (Å²) >= 11 is 0. The summed E-state index contributed by atoms with van der Waals surface area (Å²) in [6.07, 6.45) is 4.45. The minimum absolute atomic E-state index is 0.114. The Balaban J connectivity index is 2.00. The molecule has 3 N–H and O–H groups in total. The maximum Gasteiger partial charge on any atom is 0.267 e. The monoisotopic (exact) mass is 314 g/mol. The standard InChI is InChI=1S/C13H22N4O3S/c1-14-13(18)12-8-11(9-17(12)2)21(19,20)16-7-5-10-4-3-6-15-10/h8-10,15-16H,3-7H2,1-2H3,(H,14,18). The van der Waals surface area contributed by atoms with E-state index < -0.39 is 10.0 Å². The van der Waals surface area contributed by atoms with E-state index in [2.05, 4.69) is 15.4 Å². The lowest BCUT2D eigenvalue weighted by molar-refractivity contribution is 0.0955. The summed E-state index contributed by atoms with van der Waals surface area (Å²) < 4.78 is 28.5. The van der Waals surface area contributed by atoms with Crippen molar-refractivity contribution in [2.45, 2.75) is 30.2 Å². The smallest absolute Gasteiger partial charge is 0.267 e. The summed E-state index contributed by atoms with van der Waals surface area (Å²) in [6, 6.07) is 1.78. The highest BCUT2D eigenvalue weighted by molar-refractivity contribution is 7.89. The number of amides is 1. The molecular formula is C13H22N4O3S. The summed E-state index contributed by atoms with van der Waals surface area (Å²) in [5.41, 5.74) is 0.315. The van der Waals surface area contributed by atoms with Gasteiger partial charge in [0.15, 0.2) is 0 Å². The number of hydrogen-bond donors (Lipinski definition) is 3. The maximum absolute atomic E-state index is 12.2. The Hall–Kier alpha value is -1.38. The third-order valence-electron chi connectivity index (χ3n) is 3.70. The van der Waals surface area contributed by atoms with Crippen molar-refractivity contribution in [2.24, 2.45) is 7.05 Å². The van der Waals surface area contributed by atoms with Gasteiger partial charge in [0, 0.05) is 32.9 Å². The fourth-order valence-corrected chi connectivity index (χ4v) is 3.61. The molecule has 2 rings (SSSR count). The summed E-state index contributed by atoms with van der Waals surface area (Å²) in [6.45, 7) is 1.40. The number of carbonyl (C=O) groups is 1. The number of aromatic nitrogens is 1. The van der Waals surface area contributed by atoms with Gasteiger partial charge in [-0.2, -0.15) is 0 Å². The lowest BCUT2D eigenvalue weighted by atomic mass is 10.2. The van der Waals surface area contributed by atoms with Crippen molar-refractivity contribution in [1.29, 1.82) is 0 Å². The first-order chi connectivity index (χ1) is 9.94. The number of sulfonamides is 1. The van der Waals surface area contributed by atoms with Gasteiger partial charge in [0.25, 0.3) is 5.91 Å². The van der Waals surface area contributed by atoms with Crippen LogP contribution in [0, 0.1) is 0 Å². The predicted molar refractivity (Wildman–Crippen MR) is 79.6 cm³/mol. The van der Waals surface area contributed by atoms with Crippen LogP contribution in [0.2, 0.25) is 0 Å². The zero-order chi connectivity index (χ0) is 15.5. The van der Waals surface area contributed by atoms with Gasteiger partial charge in [-0.15, -0.1) is 0 Å². The van der Waals surface area contributed by atoms with E-state index in [4.69, 9.17) is 0 Å². The van der Waals surface area contributed by atoms with Gasteiger partial charge < -0.3 is 15.2 Å². The summed E-state index contributed by atoms with van der Waals surface area (Å²) in [5.74, 6) is -0.311. The van der Waals surface area contributed by atoms with E-state index in [1.54, 1.807) is 7.05 Å². The van der Waals surface area contributed by atoms with E-state index in [1.807, 2.05) is 0 Å². The van der Waals surface area contributed by atoms with Crippen LogP contribution in [0.25, 0.3) is 0 Å². The van der Waals surface area contributed by atoms with Crippen molar-refractivity contribution in [3.05, 3.63) is 18.0 Å². The Kier molecular flexibility index (Phi) is 5.02. The van der Waals surface area contributed by atoms with E-state index in [9.17, 15) is 13.2 Å². The lowest BCUT2D eigenvalue weighted by Gasteiger charge is -2.10. The molecule has 0 radical (unpaired) electrons. The SMILES string of the molecule is CNC(=O)c1cc(S(=O)(=O)NCCC2CCCN2)cn1C. The number of rotatable bonds is 6. The largest absolute Gasteiger partial charge is 0.354 e. The highest BCUT2D eigenvalue weighted by atomic mass is 32.2. The van der Waals surface area contributed by atoms with Crippen molar-refractivity contribution in [2.75, 3.05) is 20.1 Å². The van der Waals surface area contributed by atoms with Crippen LogP contribution in [-0.2, 0) is 17.1 Å². The molecule has 1 amide bonds. The molecule has 0 aromatic carbocycles. The average molecular weight is 314 g/mol. The second-order valence-corrected chi connectivity index (χ2v) is 7.00. The number of nitrogens with one attached hydrogen (secondary N) is 3. The van der Waals surface area contributed by atoms with Crippen molar-refractivity contribution >= 4 is 15.9 Å². The Bertz CT molecular complexity index is 603. The Morgan fingerprint density at radius 3 is 2.90 bits per heavy atom. The third-order valence-corrected chi connectivity index (χ3v) is 5.13. The van der Waals surface area contributed by atoms with Crippen molar-refractivity contribution in [3.8, 4) is 0 Å². The van der Waals surface area contributed by atoms with Gasteiger partial charge in [0.2, 0.25) is 10.0 Å². The van der Waals surface area contributed by atoms with Crippen molar-refractivity contribution in [1.82, 2.24) is 19.9 Å². The molecule has 0 saturated carbocycles. The number of aryl methyl sites for hydroxylation is 1. The minimum atomic E-state index is -3.57. The van der Waals surface area contributed by atoms with Crippen LogP contribution in [0.3, 0.4) is 0 Å². The highest BCUT2D eigenvalue weighted by Crippen LogP contribution is 2.14. The molecule has 1 aromatic rings. The minimum Gasteiger partial charge on any atom is -0.354 e. The Labute approximate surface area is 125 Å². The van der Waals surface area contributed by atoms with Crippen LogP contribution in [0.4, 0.5) is 0 Å². The molecule has 1 atom stereocenters. The zero-order valence-electron chi connectivity index (χ0n) is 12.3. The molecule has 118 valence electrons. The first kappa shape index (κ1) is 16.0. The average Bonchev–Trinajstić information content (AvgIpc) is 3.07. The van der Waals surface area contributed by atoms with E-state index in [0.29, 0.717) is 18.3 Å². The second-order valence-electron chi connectivity index (χ2n) is 5.23. The van der Waals surface area contributed by atoms with Crippen molar-refractivity contribution < 1.29 is 13.2 Å². The van der Waals surface area contributed by atoms with E-state index >= 15 is 0 Å². The van der Waals surface area contributed by atoms with Crippen LogP contribution >= 0.6 is 0 Å². The molecule has 2 heterocycles. The fourth-order valence-electron chi connectivity index (χ4n) is 2.49. The van der Waals surface area contributed by atoms with Crippen LogP contribution in [0.15, 0.2) is 17.2 Å². The van der Waals surface area contributed by atoms with Crippen LogP contribution in [0.5, 0.6) is 0 Å². The Morgan fingerprint density at radius 2 is 2.29 bits per heavy atom. The molecule has 1 fully saturated rings. The molecule has 21 heavy (non-hydrogen) atoms. The van der Waals surface area contributed by atoms with Gasteiger partial charge in [-0.1, -0.05) is 0 Å². The number of carbonyl (C=O) groups excluding carboxylic acids is 1. The quantitative estimate of drug-likeness (QED) is 0.678.